The van der Waals surface area contributed by atoms with Crippen LogP contribution >= 0.6 is 0 Å². The van der Waals surface area contributed by atoms with Crippen LogP contribution < -0.4 is 5.32 Å². The van der Waals surface area contributed by atoms with Crippen LogP contribution in [0.25, 0.3) is 0 Å². The summed E-state index contributed by atoms with van der Waals surface area (Å²) in [5.41, 5.74) is 3.15. The lowest BCUT2D eigenvalue weighted by atomic mass is 9.94. The topological polar surface area (TPSA) is 58.6 Å². The summed E-state index contributed by atoms with van der Waals surface area (Å²) in [5, 5.41) is 13.8. The number of aliphatic hydroxyl groups is 1. The van der Waals surface area contributed by atoms with Crippen molar-refractivity contribution in [3.63, 3.8) is 0 Å². The zero-order chi connectivity index (χ0) is 15.1. The largest absolute Gasteiger partial charge is 0.469 e. The summed E-state index contributed by atoms with van der Waals surface area (Å²) in [6.45, 7) is 6.75. The highest BCUT2D eigenvalue weighted by atomic mass is 16.5. The van der Waals surface area contributed by atoms with Crippen LogP contribution in [-0.2, 0) is 9.53 Å². The molecule has 0 saturated carbocycles. The van der Waals surface area contributed by atoms with Crippen molar-refractivity contribution in [2.75, 3.05) is 13.7 Å². The minimum Gasteiger partial charge on any atom is -0.469 e. The number of hydrogen-bond donors (Lipinski definition) is 2. The maximum atomic E-state index is 11.3. The van der Waals surface area contributed by atoms with E-state index in [4.69, 9.17) is 0 Å². The zero-order valence-corrected chi connectivity index (χ0v) is 12.8. The fourth-order valence-electron chi connectivity index (χ4n) is 2.38. The summed E-state index contributed by atoms with van der Waals surface area (Å²) in [7, 11) is 1.38. The lowest BCUT2D eigenvalue weighted by Gasteiger charge is -2.25. The number of likely N-dealkylation sites (N-methyl/N-ethyl adjacent to an activating group) is 1. The quantitative estimate of drug-likeness (QED) is 0.752. The van der Waals surface area contributed by atoms with Gasteiger partial charge in [0.25, 0.3) is 0 Å². The van der Waals surface area contributed by atoms with Crippen molar-refractivity contribution in [1.82, 2.24) is 5.32 Å². The van der Waals surface area contributed by atoms with Gasteiger partial charge >= 0.3 is 5.97 Å². The van der Waals surface area contributed by atoms with Crippen LogP contribution in [0.5, 0.6) is 0 Å². The van der Waals surface area contributed by atoms with Crippen LogP contribution in [0.1, 0.15) is 42.6 Å². The first-order chi connectivity index (χ1) is 9.49. The van der Waals surface area contributed by atoms with Crippen molar-refractivity contribution in [3.05, 3.63) is 34.9 Å². The molecule has 0 radical (unpaired) electrons. The van der Waals surface area contributed by atoms with E-state index >= 15 is 0 Å². The van der Waals surface area contributed by atoms with Gasteiger partial charge in [-0.2, -0.15) is 0 Å². The van der Waals surface area contributed by atoms with E-state index in [0.717, 1.165) is 17.7 Å². The standard InChI is InChI=1S/C16H25NO3/c1-5-17-14(8-9-15(18)20-4)16(19)13-7-6-11(2)10-12(13)3/h6-7,10,14,16-17,19H,5,8-9H2,1-4H3. The third-order valence-electron chi connectivity index (χ3n) is 3.48. The van der Waals surface area contributed by atoms with Crippen molar-refractivity contribution < 1.29 is 14.6 Å². The fourth-order valence-corrected chi connectivity index (χ4v) is 2.38. The molecule has 1 rings (SSSR count). The van der Waals surface area contributed by atoms with Gasteiger partial charge in [0.05, 0.1) is 13.2 Å². The Morgan fingerprint density at radius 2 is 2.10 bits per heavy atom. The Morgan fingerprint density at radius 3 is 2.65 bits per heavy atom. The number of carbonyl (C=O) groups excluding carboxylic acids is 1. The molecule has 20 heavy (non-hydrogen) atoms. The zero-order valence-electron chi connectivity index (χ0n) is 12.8. The van der Waals surface area contributed by atoms with Crippen molar-refractivity contribution >= 4 is 5.97 Å². The van der Waals surface area contributed by atoms with Crippen molar-refractivity contribution in [3.8, 4) is 0 Å². The van der Waals surface area contributed by atoms with E-state index in [1.165, 1.54) is 12.7 Å². The monoisotopic (exact) mass is 279 g/mol. The maximum Gasteiger partial charge on any atom is 0.305 e. The SMILES string of the molecule is CCNC(CCC(=O)OC)C(O)c1ccc(C)cc1C. The van der Waals surface area contributed by atoms with E-state index in [-0.39, 0.29) is 12.0 Å². The highest BCUT2D eigenvalue weighted by molar-refractivity contribution is 5.69. The van der Waals surface area contributed by atoms with Gasteiger partial charge in [-0.05, 0) is 37.9 Å². The van der Waals surface area contributed by atoms with Crippen LogP contribution in [-0.4, -0.2) is 30.8 Å². The lowest BCUT2D eigenvalue weighted by molar-refractivity contribution is -0.141. The molecule has 2 atom stereocenters. The molecule has 1 aromatic rings. The summed E-state index contributed by atoms with van der Waals surface area (Å²) < 4.78 is 4.66. The fraction of sp³-hybridized carbons (Fsp3) is 0.562. The molecule has 2 unspecified atom stereocenters. The molecule has 0 amide bonds. The molecular weight excluding hydrogens is 254 g/mol. The minimum absolute atomic E-state index is 0.152. The van der Waals surface area contributed by atoms with Crippen molar-refractivity contribution in [2.45, 2.75) is 45.8 Å². The third-order valence-corrected chi connectivity index (χ3v) is 3.48. The molecule has 0 spiro atoms. The van der Waals surface area contributed by atoms with Crippen LogP contribution in [0.2, 0.25) is 0 Å². The molecule has 0 heterocycles. The summed E-state index contributed by atoms with van der Waals surface area (Å²) in [5.74, 6) is -0.249. The Labute approximate surface area is 121 Å². The normalized spacial score (nSPS) is 13.8. The second-order valence-corrected chi connectivity index (χ2v) is 5.08. The van der Waals surface area contributed by atoms with Gasteiger partial charge in [0, 0.05) is 12.5 Å². The number of methoxy groups -OCH3 is 1. The molecule has 2 N–H and O–H groups in total. The highest BCUT2D eigenvalue weighted by Crippen LogP contribution is 2.24. The molecule has 0 saturated heterocycles. The van der Waals surface area contributed by atoms with Crippen LogP contribution in [0.3, 0.4) is 0 Å². The van der Waals surface area contributed by atoms with Crippen LogP contribution in [0.4, 0.5) is 0 Å². The second kappa shape index (κ2) is 8.02. The van der Waals surface area contributed by atoms with Gasteiger partial charge in [-0.1, -0.05) is 30.7 Å². The second-order valence-electron chi connectivity index (χ2n) is 5.08. The molecule has 0 bridgehead atoms. The molecule has 4 heteroatoms. The summed E-state index contributed by atoms with van der Waals surface area (Å²) in [6.07, 6.45) is 0.228. The number of nitrogens with one attached hydrogen (secondary N) is 1. The number of benzene rings is 1. The smallest absolute Gasteiger partial charge is 0.305 e. The molecule has 0 aromatic heterocycles. The number of esters is 1. The Bertz CT molecular complexity index is 445. The average molecular weight is 279 g/mol. The molecule has 0 aliphatic carbocycles. The number of aryl methyl sites for hydroxylation is 2. The summed E-state index contributed by atoms with van der Waals surface area (Å²) in [4.78, 5) is 11.3. The van der Waals surface area contributed by atoms with E-state index in [0.29, 0.717) is 12.8 Å². The number of aliphatic hydroxyl groups excluding tert-OH is 1. The minimum atomic E-state index is -0.625. The molecule has 4 nitrogen and oxygen atoms in total. The van der Waals surface area contributed by atoms with Gasteiger partial charge in [0.15, 0.2) is 0 Å². The molecule has 0 fully saturated rings. The van der Waals surface area contributed by atoms with Gasteiger partial charge in [-0.25, -0.2) is 0 Å². The molecule has 1 aromatic carbocycles. The van der Waals surface area contributed by atoms with Gasteiger partial charge < -0.3 is 15.2 Å². The number of carbonyl (C=O) groups is 1. The van der Waals surface area contributed by atoms with Gasteiger partial charge in [-0.3, -0.25) is 4.79 Å². The highest BCUT2D eigenvalue weighted by Gasteiger charge is 2.22. The predicted octanol–water partition coefficient (Wildman–Crippen LogP) is 2.27. The van der Waals surface area contributed by atoms with Gasteiger partial charge in [0.1, 0.15) is 0 Å². The molecule has 0 aliphatic heterocycles. The Balaban J connectivity index is 2.81. The predicted molar refractivity (Wildman–Crippen MR) is 79.6 cm³/mol. The van der Waals surface area contributed by atoms with Crippen LogP contribution in [0.15, 0.2) is 18.2 Å². The first-order valence-corrected chi connectivity index (χ1v) is 7.05. The third kappa shape index (κ3) is 4.62. The summed E-state index contributed by atoms with van der Waals surface area (Å²) in [6, 6.07) is 5.86. The van der Waals surface area contributed by atoms with E-state index < -0.39 is 6.10 Å². The number of rotatable bonds is 7. The van der Waals surface area contributed by atoms with Crippen molar-refractivity contribution in [2.24, 2.45) is 0 Å². The molecule has 112 valence electrons. The summed E-state index contributed by atoms with van der Waals surface area (Å²) >= 11 is 0. The number of hydrogen-bond acceptors (Lipinski definition) is 4. The first kappa shape index (κ1) is 16.7. The van der Waals surface area contributed by atoms with E-state index in [1.54, 1.807) is 0 Å². The van der Waals surface area contributed by atoms with Gasteiger partial charge in [0.2, 0.25) is 0 Å². The number of ether oxygens (including phenoxy) is 1. The van der Waals surface area contributed by atoms with E-state index in [1.807, 2.05) is 32.9 Å². The molecule has 0 aliphatic rings. The lowest BCUT2D eigenvalue weighted by Crippen LogP contribution is -2.35. The average Bonchev–Trinajstić information content (AvgIpc) is 2.42. The Hall–Kier alpha value is -1.39. The Morgan fingerprint density at radius 1 is 1.40 bits per heavy atom. The first-order valence-electron chi connectivity index (χ1n) is 7.05. The maximum absolute atomic E-state index is 11.3. The van der Waals surface area contributed by atoms with E-state index in [9.17, 15) is 9.90 Å². The molecular formula is C16H25NO3. The Kier molecular flexibility index (Phi) is 6.68. The van der Waals surface area contributed by atoms with Crippen LogP contribution in [0, 0.1) is 13.8 Å². The van der Waals surface area contributed by atoms with E-state index in [2.05, 4.69) is 16.1 Å². The van der Waals surface area contributed by atoms with Gasteiger partial charge in [-0.15, -0.1) is 0 Å². The van der Waals surface area contributed by atoms with Crippen molar-refractivity contribution in [1.29, 1.82) is 0 Å².